The van der Waals surface area contributed by atoms with Gasteiger partial charge in [-0.25, -0.2) is 0 Å². The van der Waals surface area contributed by atoms with E-state index < -0.39 is 18.1 Å². The number of thiophene rings is 1. The van der Waals surface area contributed by atoms with Crippen molar-refractivity contribution < 1.29 is 19.5 Å². The first-order valence-corrected chi connectivity index (χ1v) is 13.6. The summed E-state index contributed by atoms with van der Waals surface area (Å²) in [6.45, 7) is 8.62. The number of carbonyl (C=O) groups is 3. The highest BCUT2D eigenvalue weighted by Gasteiger charge is 2.35. The van der Waals surface area contributed by atoms with Gasteiger partial charge in [0.25, 0.3) is 5.91 Å². The number of fused-ring (bicyclic) bond motifs is 1. The van der Waals surface area contributed by atoms with E-state index in [-0.39, 0.29) is 24.2 Å². The number of carboxylic acid groups (broad SMARTS) is 1. The molecule has 0 bridgehead atoms. The summed E-state index contributed by atoms with van der Waals surface area (Å²) in [6.07, 6.45) is 0.947. The Balaban J connectivity index is 1.61. The fourth-order valence-electron chi connectivity index (χ4n) is 5.13. The van der Waals surface area contributed by atoms with Crippen molar-refractivity contribution in [3.05, 3.63) is 81.7 Å². The van der Waals surface area contributed by atoms with Gasteiger partial charge in [0, 0.05) is 17.0 Å². The van der Waals surface area contributed by atoms with Crippen molar-refractivity contribution in [3.63, 3.8) is 0 Å². The van der Waals surface area contributed by atoms with Crippen molar-refractivity contribution in [3.8, 4) is 10.4 Å². The van der Waals surface area contributed by atoms with Gasteiger partial charge in [0.15, 0.2) is 0 Å². The third kappa shape index (κ3) is 5.93. The number of carboxylic acids is 1. The van der Waals surface area contributed by atoms with Crippen molar-refractivity contribution >= 4 is 29.1 Å². The standard InChI is InChI=1S/C30H34N2O4S/c1-18(2)14-25(32-13-12-21-10-5-6-11-23(21)30(32)36)29(35)31-24(16-27(33)34)22-15-26(37-17-22)28-19(3)8-7-9-20(28)4/h5-11,15,17-18,24-25H,12-14,16H2,1-4H3,(H,31,35)(H,33,34)/t24-,25-/m0/s1. The molecule has 0 fully saturated rings. The van der Waals surface area contributed by atoms with Gasteiger partial charge in [0.1, 0.15) is 6.04 Å². The number of nitrogens with zero attached hydrogens (tertiary/aromatic N) is 1. The maximum atomic E-state index is 13.7. The van der Waals surface area contributed by atoms with Crippen LogP contribution in [0.15, 0.2) is 53.9 Å². The zero-order valence-corrected chi connectivity index (χ0v) is 22.6. The summed E-state index contributed by atoms with van der Waals surface area (Å²) >= 11 is 1.54. The lowest BCUT2D eigenvalue weighted by atomic mass is 9.94. The summed E-state index contributed by atoms with van der Waals surface area (Å²) in [7, 11) is 0. The fraction of sp³-hybridized carbons (Fsp3) is 0.367. The smallest absolute Gasteiger partial charge is 0.305 e. The highest BCUT2D eigenvalue weighted by atomic mass is 32.1. The lowest BCUT2D eigenvalue weighted by Gasteiger charge is -2.36. The molecule has 0 radical (unpaired) electrons. The Morgan fingerprint density at radius 3 is 2.46 bits per heavy atom. The molecule has 1 aliphatic heterocycles. The molecule has 6 nitrogen and oxygen atoms in total. The van der Waals surface area contributed by atoms with Gasteiger partial charge in [-0.15, -0.1) is 11.3 Å². The highest BCUT2D eigenvalue weighted by Crippen LogP contribution is 2.35. The third-order valence-corrected chi connectivity index (χ3v) is 7.92. The summed E-state index contributed by atoms with van der Waals surface area (Å²) in [5.74, 6) is -1.28. The minimum absolute atomic E-state index is 0.148. The molecule has 2 heterocycles. The molecule has 2 amide bonds. The molecular formula is C30H34N2O4S. The molecule has 2 N–H and O–H groups in total. The summed E-state index contributed by atoms with van der Waals surface area (Å²) in [6, 6.07) is 14.3. The average Bonchev–Trinajstić information content (AvgIpc) is 3.32. The maximum Gasteiger partial charge on any atom is 0.305 e. The van der Waals surface area contributed by atoms with Crippen molar-refractivity contribution in [2.45, 2.75) is 59.0 Å². The lowest BCUT2D eigenvalue weighted by Crippen LogP contribution is -2.53. The number of carbonyl (C=O) groups excluding carboxylic acids is 2. The van der Waals surface area contributed by atoms with Crippen LogP contribution in [0.5, 0.6) is 0 Å². The number of aryl methyl sites for hydroxylation is 2. The maximum absolute atomic E-state index is 13.7. The van der Waals surface area contributed by atoms with Crippen LogP contribution in [-0.4, -0.2) is 40.4 Å². The summed E-state index contributed by atoms with van der Waals surface area (Å²) < 4.78 is 0. The predicted molar refractivity (Wildman–Crippen MR) is 147 cm³/mol. The molecular weight excluding hydrogens is 484 g/mol. The van der Waals surface area contributed by atoms with E-state index in [1.165, 1.54) is 0 Å². The molecule has 3 aromatic rings. The Morgan fingerprint density at radius 2 is 1.78 bits per heavy atom. The summed E-state index contributed by atoms with van der Waals surface area (Å²) in [4.78, 5) is 41.5. The van der Waals surface area contributed by atoms with Crippen LogP contribution < -0.4 is 5.32 Å². The first kappa shape index (κ1) is 26.6. The first-order chi connectivity index (χ1) is 17.7. The van der Waals surface area contributed by atoms with E-state index in [9.17, 15) is 19.5 Å². The molecule has 1 aromatic heterocycles. The van der Waals surface area contributed by atoms with E-state index in [1.54, 1.807) is 16.2 Å². The second-order valence-corrected chi connectivity index (χ2v) is 11.1. The number of amides is 2. The van der Waals surface area contributed by atoms with Crippen LogP contribution in [0.25, 0.3) is 10.4 Å². The normalized spacial score (nSPS) is 14.8. The molecule has 0 spiro atoms. The van der Waals surface area contributed by atoms with Crippen LogP contribution in [0, 0.1) is 19.8 Å². The molecule has 0 unspecified atom stereocenters. The molecule has 0 aliphatic carbocycles. The molecule has 0 saturated carbocycles. The number of aliphatic carboxylic acids is 1. The van der Waals surface area contributed by atoms with Crippen molar-refractivity contribution in [1.29, 1.82) is 0 Å². The Bertz CT molecular complexity index is 1290. The number of rotatable bonds is 9. The van der Waals surface area contributed by atoms with Gasteiger partial charge in [-0.1, -0.05) is 50.2 Å². The van der Waals surface area contributed by atoms with Gasteiger partial charge in [0.05, 0.1) is 12.5 Å². The van der Waals surface area contributed by atoms with Gasteiger partial charge in [-0.05, 0) is 77.9 Å². The molecule has 2 aromatic carbocycles. The lowest BCUT2D eigenvalue weighted by molar-refractivity contribution is -0.138. The largest absolute Gasteiger partial charge is 0.481 e. The quantitative estimate of drug-likeness (QED) is 0.376. The topological polar surface area (TPSA) is 86.7 Å². The summed E-state index contributed by atoms with van der Waals surface area (Å²) in [5, 5.41) is 14.6. The van der Waals surface area contributed by atoms with Crippen LogP contribution >= 0.6 is 11.3 Å². The van der Waals surface area contributed by atoms with Crippen LogP contribution in [0.1, 0.15) is 65.3 Å². The second-order valence-electron chi connectivity index (χ2n) is 10.2. The number of benzene rings is 2. The van der Waals surface area contributed by atoms with Gasteiger partial charge in [-0.3, -0.25) is 14.4 Å². The van der Waals surface area contributed by atoms with E-state index in [1.807, 2.05) is 55.6 Å². The molecule has 1 aliphatic rings. The van der Waals surface area contributed by atoms with Crippen molar-refractivity contribution in [2.75, 3.05) is 6.54 Å². The van der Waals surface area contributed by atoms with Crippen LogP contribution in [-0.2, 0) is 16.0 Å². The van der Waals surface area contributed by atoms with E-state index in [4.69, 9.17) is 0 Å². The van der Waals surface area contributed by atoms with Gasteiger partial charge in [-0.2, -0.15) is 0 Å². The molecule has 4 rings (SSSR count). The average molecular weight is 519 g/mol. The van der Waals surface area contributed by atoms with Crippen LogP contribution in [0.3, 0.4) is 0 Å². The summed E-state index contributed by atoms with van der Waals surface area (Å²) in [5.41, 5.74) is 5.81. The predicted octanol–water partition coefficient (Wildman–Crippen LogP) is 5.78. The second kappa shape index (κ2) is 11.3. The minimum atomic E-state index is -0.992. The van der Waals surface area contributed by atoms with Gasteiger partial charge >= 0.3 is 5.97 Å². The fourth-order valence-corrected chi connectivity index (χ4v) is 6.27. The molecule has 37 heavy (non-hydrogen) atoms. The molecule has 194 valence electrons. The van der Waals surface area contributed by atoms with Crippen LogP contribution in [0.4, 0.5) is 0 Å². The number of hydrogen-bond donors (Lipinski definition) is 2. The van der Waals surface area contributed by atoms with E-state index in [2.05, 4.69) is 31.3 Å². The van der Waals surface area contributed by atoms with Crippen LogP contribution in [0.2, 0.25) is 0 Å². The van der Waals surface area contributed by atoms with Gasteiger partial charge < -0.3 is 15.3 Å². The first-order valence-electron chi connectivity index (χ1n) is 12.7. The Morgan fingerprint density at radius 1 is 1.08 bits per heavy atom. The number of hydrogen-bond acceptors (Lipinski definition) is 4. The van der Waals surface area contributed by atoms with Gasteiger partial charge in [0.2, 0.25) is 5.91 Å². The zero-order valence-electron chi connectivity index (χ0n) is 21.8. The number of nitrogens with one attached hydrogen (secondary N) is 1. The third-order valence-electron chi connectivity index (χ3n) is 6.95. The van der Waals surface area contributed by atoms with Crippen molar-refractivity contribution in [2.24, 2.45) is 5.92 Å². The Kier molecular flexibility index (Phi) is 8.13. The minimum Gasteiger partial charge on any atom is -0.481 e. The molecule has 2 atom stereocenters. The Labute approximate surface area is 222 Å². The Hall–Kier alpha value is -3.45. The molecule has 7 heteroatoms. The molecule has 0 saturated heterocycles. The van der Waals surface area contributed by atoms with Crippen molar-refractivity contribution in [1.82, 2.24) is 10.2 Å². The SMILES string of the molecule is Cc1cccc(C)c1-c1cc([C@H](CC(=O)O)NC(=O)[C@H](CC(C)C)N2CCc3ccccc3C2=O)cs1. The monoisotopic (exact) mass is 518 g/mol. The van der Waals surface area contributed by atoms with E-state index >= 15 is 0 Å². The van der Waals surface area contributed by atoms with E-state index in [0.29, 0.717) is 24.9 Å². The zero-order chi connectivity index (χ0) is 26.7. The van der Waals surface area contributed by atoms with E-state index in [0.717, 1.165) is 32.7 Å². The highest BCUT2D eigenvalue weighted by molar-refractivity contribution is 7.13.